The highest BCUT2D eigenvalue weighted by molar-refractivity contribution is 6.68. The lowest BCUT2D eigenvalue weighted by Crippen LogP contribution is -2.45. The van der Waals surface area contributed by atoms with Gasteiger partial charge in [0.2, 0.25) is 0 Å². The molecule has 0 spiro atoms. The lowest BCUT2D eigenvalue weighted by Gasteiger charge is -2.32. The predicted molar refractivity (Wildman–Crippen MR) is 78.9 cm³/mol. The van der Waals surface area contributed by atoms with Crippen molar-refractivity contribution in [3.63, 3.8) is 0 Å². The van der Waals surface area contributed by atoms with Gasteiger partial charge in [-0.05, 0) is 29.5 Å². The van der Waals surface area contributed by atoms with Crippen molar-refractivity contribution < 1.29 is 9.22 Å². The minimum absolute atomic E-state index is 0.245. The van der Waals surface area contributed by atoms with Crippen molar-refractivity contribution in [2.75, 3.05) is 6.61 Å². The van der Waals surface area contributed by atoms with Crippen molar-refractivity contribution in [2.24, 2.45) is 0 Å². The Morgan fingerprint density at radius 1 is 1.06 bits per heavy atom. The van der Waals surface area contributed by atoms with E-state index in [1.165, 1.54) is 5.56 Å². The standard InChI is InChI=1S/C15H26O2Si/c1-13(2)18(16,14(3)4)17-12-8-11-15-9-6-5-7-10-15/h5-7,9-10,13-14,16H,8,11-12H2,1-4H3. The molecule has 0 radical (unpaired) electrons. The van der Waals surface area contributed by atoms with Gasteiger partial charge >= 0.3 is 8.56 Å². The Hall–Kier alpha value is -0.643. The fourth-order valence-corrected chi connectivity index (χ4v) is 4.63. The maximum Gasteiger partial charge on any atom is 0.340 e. The number of rotatable bonds is 7. The molecule has 1 aromatic carbocycles. The van der Waals surface area contributed by atoms with Crippen LogP contribution in [0.15, 0.2) is 30.3 Å². The van der Waals surface area contributed by atoms with Gasteiger partial charge in [-0.3, -0.25) is 0 Å². The topological polar surface area (TPSA) is 29.5 Å². The molecule has 102 valence electrons. The van der Waals surface area contributed by atoms with Gasteiger partial charge in [-0.2, -0.15) is 0 Å². The molecule has 0 atom stereocenters. The maximum absolute atomic E-state index is 10.6. The van der Waals surface area contributed by atoms with E-state index in [-0.39, 0.29) is 11.1 Å². The number of hydrogen-bond acceptors (Lipinski definition) is 2. The van der Waals surface area contributed by atoms with E-state index in [9.17, 15) is 4.80 Å². The molecule has 0 fully saturated rings. The van der Waals surface area contributed by atoms with E-state index >= 15 is 0 Å². The highest BCUT2D eigenvalue weighted by atomic mass is 28.4. The van der Waals surface area contributed by atoms with Gasteiger partial charge in [0.25, 0.3) is 0 Å². The highest BCUT2D eigenvalue weighted by Gasteiger charge is 2.40. The van der Waals surface area contributed by atoms with E-state index in [1.807, 2.05) is 6.07 Å². The number of aryl methyl sites for hydroxylation is 1. The molecule has 1 rings (SSSR count). The minimum Gasteiger partial charge on any atom is -0.410 e. The summed E-state index contributed by atoms with van der Waals surface area (Å²) in [7, 11) is -2.54. The molecule has 0 saturated carbocycles. The van der Waals surface area contributed by atoms with Crippen molar-refractivity contribution in [1.29, 1.82) is 0 Å². The summed E-state index contributed by atoms with van der Waals surface area (Å²) in [4.78, 5) is 10.6. The van der Waals surface area contributed by atoms with Gasteiger partial charge in [0.15, 0.2) is 0 Å². The first-order chi connectivity index (χ1) is 8.47. The van der Waals surface area contributed by atoms with Crippen LogP contribution in [0.4, 0.5) is 0 Å². The fourth-order valence-electron chi connectivity index (χ4n) is 2.16. The van der Waals surface area contributed by atoms with E-state index in [1.54, 1.807) is 0 Å². The second-order valence-corrected chi connectivity index (χ2v) is 9.60. The van der Waals surface area contributed by atoms with E-state index in [0.717, 1.165) is 12.8 Å². The van der Waals surface area contributed by atoms with Crippen molar-refractivity contribution in [2.45, 2.75) is 51.6 Å². The monoisotopic (exact) mass is 266 g/mol. The summed E-state index contributed by atoms with van der Waals surface area (Å²) in [5.74, 6) is 0. The zero-order valence-corrected chi connectivity index (χ0v) is 13.0. The molecule has 2 nitrogen and oxygen atoms in total. The van der Waals surface area contributed by atoms with E-state index in [2.05, 4.69) is 52.0 Å². The first-order valence-corrected chi connectivity index (χ1v) is 8.88. The minimum atomic E-state index is -2.54. The third kappa shape index (κ3) is 4.23. The molecule has 0 aliphatic heterocycles. The molecular weight excluding hydrogens is 240 g/mol. The molecule has 0 amide bonds. The van der Waals surface area contributed by atoms with Crippen LogP contribution in [0, 0.1) is 0 Å². The summed E-state index contributed by atoms with van der Waals surface area (Å²) < 4.78 is 5.87. The second-order valence-electron chi connectivity index (χ2n) is 5.50. The third-order valence-corrected chi connectivity index (χ3v) is 7.42. The summed E-state index contributed by atoms with van der Waals surface area (Å²) in [6.45, 7) is 8.90. The Balaban J connectivity index is 2.36. The van der Waals surface area contributed by atoms with Crippen LogP contribution >= 0.6 is 0 Å². The molecule has 0 bridgehead atoms. The molecule has 3 heteroatoms. The van der Waals surface area contributed by atoms with Gasteiger partial charge in [-0.25, -0.2) is 0 Å². The van der Waals surface area contributed by atoms with Crippen molar-refractivity contribution >= 4 is 8.56 Å². The van der Waals surface area contributed by atoms with Crippen LogP contribution < -0.4 is 0 Å². The lowest BCUT2D eigenvalue weighted by molar-refractivity contribution is 0.209. The van der Waals surface area contributed by atoms with Crippen molar-refractivity contribution in [3.8, 4) is 0 Å². The van der Waals surface area contributed by atoms with Crippen LogP contribution in [-0.4, -0.2) is 20.0 Å². The van der Waals surface area contributed by atoms with E-state index < -0.39 is 8.56 Å². The normalized spacial score (nSPS) is 12.4. The summed E-state index contributed by atoms with van der Waals surface area (Å²) >= 11 is 0. The molecular formula is C15H26O2Si. The zero-order valence-electron chi connectivity index (χ0n) is 12.0. The Labute approximate surface area is 112 Å². The largest absolute Gasteiger partial charge is 0.410 e. The van der Waals surface area contributed by atoms with Gasteiger partial charge in [-0.1, -0.05) is 58.0 Å². The van der Waals surface area contributed by atoms with Crippen molar-refractivity contribution in [3.05, 3.63) is 35.9 Å². The summed E-state index contributed by atoms with van der Waals surface area (Å²) in [6, 6.07) is 10.4. The molecule has 18 heavy (non-hydrogen) atoms. The molecule has 0 aliphatic rings. The average Bonchev–Trinajstić information content (AvgIpc) is 2.35. The second kappa shape index (κ2) is 7.07. The molecule has 0 unspecified atom stereocenters. The molecule has 0 heterocycles. The first kappa shape index (κ1) is 15.4. The van der Waals surface area contributed by atoms with E-state index in [4.69, 9.17) is 4.43 Å². The van der Waals surface area contributed by atoms with Gasteiger partial charge in [-0.15, -0.1) is 0 Å². The molecule has 0 saturated heterocycles. The van der Waals surface area contributed by atoms with Gasteiger partial charge < -0.3 is 9.22 Å². The fraction of sp³-hybridized carbons (Fsp3) is 0.600. The first-order valence-electron chi connectivity index (χ1n) is 6.87. The highest BCUT2D eigenvalue weighted by Crippen LogP contribution is 2.30. The quantitative estimate of drug-likeness (QED) is 0.599. The van der Waals surface area contributed by atoms with Crippen LogP contribution in [-0.2, 0) is 10.8 Å². The zero-order chi connectivity index (χ0) is 13.6. The van der Waals surface area contributed by atoms with E-state index in [0.29, 0.717) is 6.61 Å². The van der Waals surface area contributed by atoms with Crippen LogP contribution in [0.5, 0.6) is 0 Å². The summed E-state index contributed by atoms with van der Waals surface area (Å²) in [5, 5.41) is 0. The van der Waals surface area contributed by atoms with Gasteiger partial charge in [0.1, 0.15) is 0 Å². The molecule has 0 aromatic heterocycles. The summed E-state index contributed by atoms with van der Waals surface area (Å²) in [5.41, 5.74) is 1.82. The Kier molecular flexibility index (Phi) is 6.06. The Morgan fingerprint density at radius 2 is 1.61 bits per heavy atom. The number of hydrogen-bond donors (Lipinski definition) is 1. The predicted octanol–water partition coefficient (Wildman–Crippen LogP) is 3.89. The molecule has 1 aromatic rings. The van der Waals surface area contributed by atoms with Crippen LogP contribution in [0.3, 0.4) is 0 Å². The van der Waals surface area contributed by atoms with Crippen molar-refractivity contribution in [1.82, 2.24) is 0 Å². The maximum atomic E-state index is 10.6. The molecule has 1 N–H and O–H groups in total. The smallest absolute Gasteiger partial charge is 0.340 e. The van der Waals surface area contributed by atoms with Gasteiger partial charge in [0.05, 0.1) is 0 Å². The van der Waals surface area contributed by atoms with Crippen LogP contribution in [0.2, 0.25) is 11.1 Å². The molecule has 0 aliphatic carbocycles. The third-order valence-electron chi connectivity index (χ3n) is 3.44. The Bertz CT molecular complexity index is 328. The number of benzene rings is 1. The average molecular weight is 266 g/mol. The summed E-state index contributed by atoms with van der Waals surface area (Å²) in [6.07, 6.45) is 1.99. The SMILES string of the molecule is CC(C)[Si](O)(OCCCc1ccccc1)C(C)C. The Morgan fingerprint density at radius 3 is 2.11 bits per heavy atom. The lowest BCUT2D eigenvalue weighted by atomic mass is 10.1. The van der Waals surface area contributed by atoms with Gasteiger partial charge in [0, 0.05) is 6.61 Å². The van der Waals surface area contributed by atoms with Crippen LogP contribution in [0.25, 0.3) is 0 Å². The van der Waals surface area contributed by atoms with Crippen LogP contribution in [0.1, 0.15) is 39.7 Å².